The molecule has 2 heteroatoms. The Morgan fingerprint density at radius 3 is 2.61 bits per heavy atom. The minimum absolute atomic E-state index is 0.235. The first-order valence-electron chi connectivity index (χ1n) is 7.09. The van der Waals surface area contributed by atoms with Crippen molar-refractivity contribution in [3.8, 4) is 0 Å². The molecule has 1 heterocycles. The van der Waals surface area contributed by atoms with Gasteiger partial charge >= 0.3 is 0 Å². The zero-order chi connectivity index (χ0) is 12.6. The van der Waals surface area contributed by atoms with Gasteiger partial charge in [0.05, 0.1) is 12.2 Å². The topological polar surface area (TPSA) is 29.5 Å². The minimum atomic E-state index is -0.747. The largest absolute Gasteiger partial charge is 0.385 e. The van der Waals surface area contributed by atoms with Gasteiger partial charge in [0.2, 0.25) is 0 Å². The quantitative estimate of drug-likeness (QED) is 0.887. The zero-order valence-electron chi connectivity index (χ0n) is 11.1. The van der Waals surface area contributed by atoms with Crippen LogP contribution in [0.4, 0.5) is 0 Å². The van der Waals surface area contributed by atoms with Crippen molar-refractivity contribution < 1.29 is 9.84 Å². The molecule has 1 aliphatic carbocycles. The number of rotatable bonds is 3. The average Bonchev–Trinajstić information content (AvgIpc) is 2.81. The highest BCUT2D eigenvalue weighted by atomic mass is 16.5. The molecule has 0 amide bonds. The third-order valence-electron chi connectivity index (χ3n) is 4.78. The van der Waals surface area contributed by atoms with Crippen LogP contribution >= 0.6 is 0 Å². The number of aliphatic hydroxyl groups is 1. The van der Waals surface area contributed by atoms with E-state index >= 15 is 0 Å². The predicted molar refractivity (Wildman–Crippen MR) is 71.5 cm³/mol. The van der Waals surface area contributed by atoms with Gasteiger partial charge in [-0.1, -0.05) is 30.7 Å². The van der Waals surface area contributed by atoms with Crippen LogP contribution in [0.25, 0.3) is 0 Å². The fourth-order valence-electron chi connectivity index (χ4n) is 3.23. The molecule has 1 aromatic carbocycles. The van der Waals surface area contributed by atoms with Crippen LogP contribution < -0.4 is 0 Å². The summed E-state index contributed by atoms with van der Waals surface area (Å²) in [5.74, 6) is 0.897. The minimum Gasteiger partial charge on any atom is -0.385 e. The van der Waals surface area contributed by atoms with Crippen molar-refractivity contribution >= 4 is 0 Å². The van der Waals surface area contributed by atoms with Gasteiger partial charge in [0.1, 0.15) is 0 Å². The van der Waals surface area contributed by atoms with Gasteiger partial charge in [-0.25, -0.2) is 0 Å². The molecule has 2 atom stereocenters. The van der Waals surface area contributed by atoms with E-state index < -0.39 is 5.60 Å². The third kappa shape index (κ3) is 1.98. The molecule has 1 saturated heterocycles. The maximum Gasteiger partial charge on any atom is 0.0922 e. The first kappa shape index (κ1) is 12.2. The van der Waals surface area contributed by atoms with Gasteiger partial charge in [0, 0.05) is 12.5 Å². The first-order chi connectivity index (χ1) is 8.69. The van der Waals surface area contributed by atoms with Crippen LogP contribution in [0, 0.1) is 5.92 Å². The molecule has 1 aromatic rings. The standard InChI is InChI=1S/C16H22O2/c1-16(17,13-9-10-18-11-13)15-8-3-2-7-14(15)12-5-4-6-12/h2-3,7-8,12-13,17H,4-6,9-11H2,1H3. The summed E-state index contributed by atoms with van der Waals surface area (Å²) in [6.45, 7) is 3.43. The van der Waals surface area contributed by atoms with E-state index in [1.165, 1.54) is 24.8 Å². The summed E-state index contributed by atoms with van der Waals surface area (Å²) in [4.78, 5) is 0. The van der Waals surface area contributed by atoms with Crippen molar-refractivity contribution in [2.24, 2.45) is 5.92 Å². The van der Waals surface area contributed by atoms with E-state index in [4.69, 9.17) is 4.74 Å². The van der Waals surface area contributed by atoms with Crippen molar-refractivity contribution in [3.63, 3.8) is 0 Å². The second-order valence-electron chi connectivity index (χ2n) is 5.92. The van der Waals surface area contributed by atoms with Gasteiger partial charge in [-0.15, -0.1) is 0 Å². The van der Waals surface area contributed by atoms with Crippen LogP contribution in [-0.4, -0.2) is 18.3 Å². The van der Waals surface area contributed by atoms with Crippen LogP contribution in [0.3, 0.4) is 0 Å². The molecule has 1 N–H and O–H groups in total. The van der Waals surface area contributed by atoms with Crippen molar-refractivity contribution in [1.82, 2.24) is 0 Å². The summed E-state index contributed by atoms with van der Waals surface area (Å²) >= 11 is 0. The number of ether oxygens (including phenoxy) is 1. The second kappa shape index (κ2) is 4.67. The fraction of sp³-hybridized carbons (Fsp3) is 0.625. The molecular formula is C16H22O2. The van der Waals surface area contributed by atoms with Crippen LogP contribution in [0.5, 0.6) is 0 Å². The Kier molecular flexibility index (Phi) is 3.16. The Morgan fingerprint density at radius 2 is 2.00 bits per heavy atom. The van der Waals surface area contributed by atoms with Gasteiger partial charge in [-0.05, 0) is 43.2 Å². The molecule has 2 fully saturated rings. The lowest BCUT2D eigenvalue weighted by atomic mass is 9.72. The summed E-state index contributed by atoms with van der Waals surface area (Å²) in [5.41, 5.74) is 1.74. The molecule has 0 spiro atoms. The molecule has 98 valence electrons. The summed E-state index contributed by atoms with van der Waals surface area (Å²) < 4.78 is 5.45. The summed E-state index contributed by atoms with van der Waals surface area (Å²) in [6.07, 6.45) is 4.84. The Bertz CT molecular complexity index is 415. The Balaban J connectivity index is 1.94. The van der Waals surface area contributed by atoms with Gasteiger partial charge in [0.25, 0.3) is 0 Å². The van der Waals surface area contributed by atoms with E-state index in [0.717, 1.165) is 18.6 Å². The molecule has 2 unspecified atom stereocenters. The van der Waals surface area contributed by atoms with Crippen molar-refractivity contribution in [3.05, 3.63) is 35.4 Å². The molecule has 0 radical (unpaired) electrons. The van der Waals surface area contributed by atoms with E-state index in [2.05, 4.69) is 18.2 Å². The van der Waals surface area contributed by atoms with Crippen LogP contribution in [0.2, 0.25) is 0 Å². The number of hydrogen-bond donors (Lipinski definition) is 1. The van der Waals surface area contributed by atoms with Crippen LogP contribution in [0.15, 0.2) is 24.3 Å². The molecule has 1 saturated carbocycles. The zero-order valence-corrected chi connectivity index (χ0v) is 11.1. The van der Waals surface area contributed by atoms with Crippen molar-refractivity contribution in [2.75, 3.05) is 13.2 Å². The van der Waals surface area contributed by atoms with Gasteiger partial charge in [0.15, 0.2) is 0 Å². The molecule has 0 aromatic heterocycles. The molecule has 3 rings (SSSR count). The smallest absolute Gasteiger partial charge is 0.0922 e. The Morgan fingerprint density at radius 1 is 1.22 bits per heavy atom. The second-order valence-corrected chi connectivity index (χ2v) is 5.92. The first-order valence-corrected chi connectivity index (χ1v) is 7.09. The maximum absolute atomic E-state index is 11.0. The van der Waals surface area contributed by atoms with Gasteiger partial charge in [-0.2, -0.15) is 0 Å². The van der Waals surface area contributed by atoms with Crippen molar-refractivity contribution in [2.45, 2.75) is 44.1 Å². The van der Waals surface area contributed by atoms with Crippen LogP contribution in [0.1, 0.15) is 49.7 Å². The van der Waals surface area contributed by atoms with E-state index in [1.54, 1.807) is 0 Å². The number of hydrogen-bond acceptors (Lipinski definition) is 2. The fourth-order valence-corrected chi connectivity index (χ4v) is 3.23. The lowest BCUT2D eigenvalue weighted by molar-refractivity contribution is -0.0110. The highest BCUT2D eigenvalue weighted by Gasteiger charge is 2.39. The summed E-state index contributed by atoms with van der Waals surface area (Å²) in [5, 5.41) is 11.0. The van der Waals surface area contributed by atoms with Gasteiger partial charge < -0.3 is 9.84 Å². The van der Waals surface area contributed by atoms with Crippen molar-refractivity contribution in [1.29, 1.82) is 0 Å². The average molecular weight is 246 g/mol. The lowest BCUT2D eigenvalue weighted by Gasteiger charge is -2.36. The Labute approximate surface area is 109 Å². The monoisotopic (exact) mass is 246 g/mol. The predicted octanol–water partition coefficient (Wildman–Crippen LogP) is 3.20. The Hall–Kier alpha value is -0.860. The third-order valence-corrected chi connectivity index (χ3v) is 4.78. The van der Waals surface area contributed by atoms with Gasteiger partial charge in [-0.3, -0.25) is 0 Å². The summed E-state index contributed by atoms with van der Waals surface area (Å²) in [6, 6.07) is 8.44. The van der Waals surface area contributed by atoms with Crippen LogP contribution in [-0.2, 0) is 10.3 Å². The number of benzene rings is 1. The maximum atomic E-state index is 11.0. The molecule has 0 bridgehead atoms. The molecule has 18 heavy (non-hydrogen) atoms. The highest BCUT2D eigenvalue weighted by molar-refractivity contribution is 5.36. The SMILES string of the molecule is CC(O)(c1ccccc1C1CCC1)C1CCOC1. The molecule has 1 aliphatic heterocycles. The highest BCUT2D eigenvalue weighted by Crippen LogP contribution is 2.43. The van der Waals surface area contributed by atoms with E-state index in [9.17, 15) is 5.11 Å². The molecule has 2 aliphatic rings. The molecular weight excluding hydrogens is 224 g/mol. The summed E-state index contributed by atoms with van der Waals surface area (Å²) in [7, 11) is 0. The molecule has 2 nitrogen and oxygen atoms in total. The lowest BCUT2D eigenvalue weighted by Crippen LogP contribution is -2.34. The van der Waals surface area contributed by atoms with E-state index in [0.29, 0.717) is 12.5 Å². The van der Waals surface area contributed by atoms with E-state index in [1.807, 2.05) is 13.0 Å². The van der Waals surface area contributed by atoms with E-state index in [-0.39, 0.29) is 5.92 Å². The normalized spacial score (nSPS) is 27.8.